The van der Waals surface area contributed by atoms with Crippen molar-refractivity contribution in [2.24, 2.45) is 0 Å². The van der Waals surface area contributed by atoms with E-state index in [1.165, 1.54) is 11.3 Å². The summed E-state index contributed by atoms with van der Waals surface area (Å²) in [5, 5.41) is 0.645. The van der Waals surface area contributed by atoms with Crippen LogP contribution in [0.25, 0.3) is 16.3 Å². The average molecular weight is 432 g/mol. The number of ether oxygens (including phenoxy) is 2. The number of aromatic nitrogens is 2. The first-order chi connectivity index (χ1) is 15.2. The molecule has 0 saturated carbocycles. The number of amides is 1. The number of methoxy groups -OCH3 is 2. The standard InChI is InChI=1S/C24H21N3O3S/c1-29-20-11-9-17(14-21(20)30-2)10-12-23(28)27(16-18-6-5-13-25-15-18)24-26-19-7-3-4-8-22(19)31-24/h3-15H,16H2,1-2H3/b12-10+. The highest BCUT2D eigenvalue weighted by molar-refractivity contribution is 7.22. The number of benzene rings is 2. The minimum Gasteiger partial charge on any atom is -0.493 e. The number of thiazole rings is 1. The van der Waals surface area contributed by atoms with Gasteiger partial charge in [-0.15, -0.1) is 0 Å². The van der Waals surface area contributed by atoms with Gasteiger partial charge in [0.05, 0.1) is 31.0 Å². The smallest absolute Gasteiger partial charge is 0.253 e. The number of para-hydroxylation sites is 1. The number of pyridine rings is 1. The summed E-state index contributed by atoms with van der Waals surface area (Å²) in [6.45, 7) is 0.378. The second-order valence-electron chi connectivity index (χ2n) is 6.70. The largest absolute Gasteiger partial charge is 0.493 e. The summed E-state index contributed by atoms with van der Waals surface area (Å²) >= 11 is 1.49. The molecule has 0 aliphatic rings. The van der Waals surface area contributed by atoms with Crippen molar-refractivity contribution < 1.29 is 14.3 Å². The lowest BCUT2D eigenvalue weighted by atomic mass is 10.2. The van der Waals surface area contributed by atoms with Crippen LogP contribution in [-0.4, -0.2) is 30.1 Å². The Hall–Kier alpha value is -3.71. The fourth-order valence-electron chi connectivity index (χ4n) is 3.10. The molecule has 1 amide bonds. The van der Waals surface area contributed by atoms with Gasteiger partial charge >= 0.3 is 0 Å². The van der Waals surface area contributed by atoms with Crippen molar-refractivity contribution in [3.63, 3.8) is 0 Å². The number of rotatable bonds is 7. The van der Waals surface area contributed by atoms with Crippen LogP contribution in [0, 0.1) is 0 Å². The molecule has 0 aliphatic heterocycles. The first kappa shape index (κ1) is 20.6. The van der Waals surface area contributed by atoms with Gasteiger partial charge in [-0.25, -0.2) is 4.98 Å². The Labute approximate surface area is 184 Å². The summed E-state index contributed by atoms with van der Waals surface area (Å²) in [5.74, 6) is 1.08. The van der Waals surface area contributed by atoms with Gasteiger partial charge in [0.1, 0.15) is 0 Å². The van der Waals surface area contributed by atoms with Gasteiger partial charge in [0.2, 0.25) is 0 Å². The SMILES string of the molecule is COc1ccc(/C=C/C(=O)N(Cc2cccnc2)c2nc3ccccc3s2)cc1OC. The molecule has 156 valence electrons. The maximum Gasteiger partial charge on any atom is 0.253 e. The third kappa shape index (κ3) is 4.73. The molecule has 4 rings (SSSR count). The van der Waals surface area contributed by atoms with Crippen LogP contribution in [0.4, 0.5) is 5.13 Å². The van der Waals surface area contributed by atoms with Gasteiger partial charge in [-0.1, -0.05) is 35.6 Å². The molecule has 4 aromatic rings. The highest BCUT2D eigenvalue weighted by Crippen LogP contribution is 2.30. The number of hydrogen-bond acceptors (Lipinski definition) is 6. The third-order valence-electron chi connectivity index (χ3n) is 4.67. The van der Waals surface area contributed by atoms with Crippen molar-refractivity contribution in [2.75, 3.05) is 19.1 Å². The van der Waals surface area contributed by atoms with E-state index in [0.29, 0.717) is 23.2 Å². The van der Waals surface area contributed by atoms with Crippen LogP contribution < -0.4 is 14.4 Å². The Morgan fingerprint density at radius 3 is 2.65 bits per heavy atom. The summed E-state index contributed by atoms with van der Waals surface area (Å²) in [6, 6.07) is 17.2. The minimum atomic E-state index is -0.169. The van der Waals surface area contributed by atoms with E-state index < -0.39 is 0 Å². The normalized spacial score (nSPS) is 11.0. The molecule has 2 aromatic heterocycles. The molecule has 0 spiro atoms. The van der Waals surface area contributed by atoms with Crippen molar-refractivity contribution in [2.45, 2.75) is 6.54 Å². The van der Waals surface area contributed by atoms with Crippen LogP contribution in [0.1, 0.15) is 11.1 Å². The fourth-order valence-corrected chi connectivity index (χ4v) is 4.07. The van der Waals surface area contributed by atoms with Gasteiger partial charge in [-0.05, 0) is 47.5 Å². The third-order valence-corrected chi connectivity index (χ3v) is 5.73. The first-order valence-corrected chi connectivity index (χ1v) is 10.5. The predicted octanol–water partition coefficient (Wildman–Crippen LogP) is 4.96. The minimum absolute atomic E-state index is 0.169. The molecule has 2 heterocycles. The number of hydrogen-bond donors (Lipinski definition) is 0. The van der Waals surface area contributed by atoms with Crippen molar-refractivity contribution in [1.82, 2.24) is 9.97 Å². The van der Waals surface area contributed by atoms with E-state index >= 15 is 0 Å². The molecule has 0 aliphatic carbocycles. The second kappa shape index (κ2) is 9.40. The van der Waals surface area contributed by atoms with Gasteiger partial charge in [0.25, 0.3) is 5.91 Å². The summed E-state index contributed by atoms with van der Waals surface area (Å²) in [6.07, 6.45) is 6.77. The first-order valence-electron chi connectivity index (χ1n) is 9.64. The van der Waals surface area contributed by atoms with Gasteiger partial charge in [0.15, 0.2) is 16.6 Å². The molecule has 0 atom stereocenters. The van der Waals surface area contributed by atoms with Crippen molar-refractivity contribution in [3.05, 3.63) is 84.2 Å². The summed E-state index contributed by atoms with van der Waals surface area (Å²) in [5.41, 5.74) is 2.63. The number of carbonyl (C=O) groups excluding carboxylic acids is 1. The lowest BCUT2D eigenvalue weighted by Crippen LogP contribution is -2.28. The zero-order valence-corrected chi connectivity index (χ0v) is 18.0. The van der Waals surface area contributed by atoms with E-state index in [0.717, 1.165) is 21.3 Å². The zero-order chi connectivity index (χ0) is 21.6. The van der Waals surface area contributed by atoms with E-state index in [4.69, 9.17) is 9.47 Å². The topological polar surface area (TPSA) is 64.5 Å². The van der Waals surface area contributed by atoms with Crippen molar-refractivity contribution in [3.8, 4) is 11.5 Å². The van der Waals surface area contributed by atoms with E-state index in [2.05, 4.69) is 9.97 Å². The van der Waals surface area contributed by atoms with E-state index in [1.807, 2.05) is 54.6 Å². The number of carbonyl (C=O) groups is 1. The zero-order valence-electron chi connectivity index (χ0n) is 17.2. The lowest BCUT2D eigenvalue weighted by molar-refractivity contribution is -0.114. The summed E-state index contributed by atoms with van der Waals surface area (Å²) in [4.78, 5) is 23.7. The molecule has 0 fully saturated rings. The summed E-state index contributed by atoms with van der Waals surface area (Å²) < 4.78 is 11.6. The molecule has 0 bridgehead atoms. The maximum atomic E-state index is 13.2. The molecule has 0 N–H and O–H groups in total. The van der Waals surface area contributed by atoms with E-state index in [1.54, 1.807) is 43.7 Å². The van der Waals surface area contributed by atoms with E-state index in [-0.39, 0.29) is 5.91 Å². The number of nitrogens with zero attached hydrogens (tertiary/aromatic N) is 3. The molecule has 31 heavy (non-hydrogen) atoms. The van der Waals surface area contributed by atoms with Crippen LogP contribution in [0.3, 0.4) is 0 Å². The Balaban J connectivity index is 1.64. The quantitative estimate of drug-likeness (QED) is 0.387. The molecule has 0 saturated heterocycles. The molecule has 7 heteroatoms. The molecule has 6 nitrogen and oxygen atoms in total. The molecule has 0 radical (unpaired) electrons. The number of anilines is 1. The summed E-state index contributed by atoms with van der Waals surface area (Å²) in [7, 11) is 3.17. The lowest BCUT2D eigenvalue weighted by Gasteiger charge is -2.18. The maximum absolute atomic E-state index is 13.2. The Bertz CT molecular complexity index is 1190. The molecular weight excluding hydrogens is 410 g/mol. The van der Waals surface area contributed by atoms with Crippen molar-refractivity contribution >= 4 is 38.7 Å². The Kier molecular flexibility index (Phi) is 6.24. The van der Waals surface area contributed by atoms with Crippen LogP contribution >= 0.6 is 11.3 Å². The van der Waals surface area contributed by atoms with Crippen LogP contribution in [0.5, 0.6) is 11.5 Å². The highest BCUT2D eigenvalue weighted by Gasteiger charge is 2.18. The molecule has 2 aromatic carbocycles. The van der Waals surface area contributed by atoms with Gasteiger partial charge in [-0.2, -0.15) is 0 Å². The average Bonchev–Trinajstić information content (AvgIpc) is 3.25. The van der Waals surface area contributed by atoms with Gasteiger partial charge in [-0.3, -0.25) is 14.7 Å². The fraction of sp³-hybridized carbons (Fsp3) is 0.125. The monoisotopic (exact) mass is 431 g/mol. The number of fused-ring (bicyclic) bond motifs is 1. The van der Waals surface area contributed by atoms with Gasteiger partial charge < -0.3 is 9.47 Å². The van der Waals surface area contributed by atoms with Crippen LogP contribution in [0.15, 0.2) is 73.1 Å². The molecule has 0 unspecified atom stereocenters. The second-order valence-corrected chi connectivity index (χ2v) is 7.71. The van der Waals surface area contributed by atoms with Crippen LogP contribution in [-0.2, 0) is 11.3 Å². The highest BCUT2D eigenvalue weighted by atomic mass is 32.1. The van der Waals surface area contributed by atoms with Crippen LogP contribution in [0.2, 0.25) is 0 Å². The van der Waals surface area contributed by atoms with Crippen molar-refractivity contribution in [1.29, 1.82) is 0 Å². The predicted molar refractivity (Wildman–Crippen MR) is 124 cm³/mol. The Morgan fingerprint density at radius 1 is 1.06 bits per heavy atom. The van der Waals surface area contributed by atoms with E-state index in [9.17, 15) is 4.79 Å². The molecular formula is C24H21N3O3S. The Morgan fingerprint density at radius 2 is 1.90 bits per heavy atom. The van der Waals surface area contributed by atoms with Gasteiger partial charge in [0, 0.05) is 18.5 Å².